The number of sulfonamides is 1. The molecule has 0 amide bonds. The normalized spacial score (nSPS) is 20.6. The summed E-state index contributed by atoms with van der Waals surface area (Å²) in [6, 6.07) is 1.73. The summed E-state index contributed by atoms with van der Waals surface area (Å²) in [5.74, 6) is 0. The van der Waals surface area contributed by atoms with Crippen LogP contribution in [0.3, 0.4) is 0 Å². The predicted octanol–water partition coefficient (Wildman–Crippen LogP) is 1.23. The average molecular weight is 317 g/mol. The van der Waals surface area contributed by atoms with E-state index < -0.39 is 10.0 Å². The van der Waals surface area contributed by atoms with E-state index in [-0.39, 0.29) is 6.04 Å². The Bertz CT molecular complexity index is 527. The summed E-state index contributed by atoms with van der Waals surface area (Å²) < 4.78 is 27.7. The predicted molar refractivity (Wildman–Crippen MR) is 82.5 cm³/mol. The summed E-state index contributed by atoms with van der Waals surface area (Å²) in [5, 5.41) is 5.11. The van der Waals surface area contributed by atoms with Crippen molar-refractivity contribution in [2.45, 2.75) is 37.2 Å². The minimum Gasteiger partial charge on any atom is -0.312 e. The van der Waals surface area contributed by atoms with E-state index in [4.69, 9.17) is 0 Å². The van der Waals surface area contributed by atoms with Gasteiger partial charge < -0.3 is 10.2 Å². The van der Waals surface area contributed by atoms with E-state index in [0.29, 0.717) is 11.4 Å². The lowest BCUT2D eigenvalue weighted by Gasteiger charge is -2.14. The van der Waals surface area contributed by atoms with Crippen LogP contribution >= 0.6 is 11.3 Å². The standard InChI is InChI=1S/C13H23N3O2S2/c1-3-6-14-9-12-13(5-8-19-12)20(17,18)15-11-4-7-16(2)10-11/h5,8,11,14-15H,3-4,6-7,9-10H2,1-2H3. The first-order valence-corrected chi connectivity index (χ1v) is 9.37. The monoisotopic (exact) mass is 317 g/mol. The fourth-order valence-corrected chi connectivity index (χ4v) is 5.06. The van der Waals surface area contributed by atoms with Crippen molar-refractivity contribution in [1.29, 1.82) is 0 Å². The highest BCUT2D eigenvalue weighted by Gasteiger charge is 2.27. The second kappa shape index (κ2) is 7.00. The molecule has 1 aliphatic rings. The first kappa shape index (κ1) is 15.9. The van der Waals surface area contributed by atoms with Crippen molar-refractivity contribution in [3.05, 3.63) is 16.3 Å². The summed E-state index contributed by atoms with van der Waals surface area (Å²) in [5.41, 5.74) is 0. The van der Waals surface area contributed by atoms with Gasteiger partial charge in [0.1, 0.15) is 0 Å². The molecule has 1 atom stereocenters. The fourth-order valence-electron chi connectivity index (χ4n) is 2.39. The molecule has 0 aliphatic carbocycles. The highest BCUT2D eigenvalue weighted by molar-refractivity contribution is 7.89. The number of thiophene rings is 1. The Labute approximate surface area is 125 Å². The Morgan fingerprint density at radius 3 is 2.95 bits per heavy atom. The average Bonchev–Trinajstić information content (AvgIpc) is 2.99. The van der Waals surface area contributed by atoms with E-state index >= 15 is 0 Å². The van der Waals surface area contributed by atoms with Gasteiger partial charge in [-0.2, -0.15) is 0 Å². The maximum atomic E-state index is 12.5. The Balaban J connectivity index is 2.03. The Morgan fingerprint density at radius 1 is 1.50 bits per heavy atom. The summed E-state index contributed by atoms with van der Waals surface area (Å²) in [6.45, 7) is 5.34. The molecule has 20 heavy (non-hydrogen) atoms. The van der Waals surface area contributed by atoms with Gasteiger partial charge in [0.2, 0.25) is 10.0 Å². The maximum absolute atomic E-state index is 12.5. The minimum atomic E-state index is -3.40. The van der Waals surface area contributed by atoms with Crippen LogP contribution in [0.15, 0.2) is 16.3 Å². The molecule has 1 aromatic heterocycles. The van der Waals surface area contributed by atoms with Gasteiger partial charge in [-0.05, 0) is 44.4 Å². The van der Waals surface area contributed by atoms with E-state index in [9.17, 15) is 8.42 Å². The molecule has 5 nitrogen and oxygen atoms in total. The second-order valence-corrected chi connectivity index (χ2v) is 7.94. The van der Waals surface area contributed by atoms with Crippen LogP contribution in [0.2, 0.25) is 0 Å². The molecule has 1 fully saturated rings. The van der Waals surface area contributed by atoms with Crippen molar-refractivity contribution in [2.24, 2.45) is 0 Å². The molecule has 1 aromatic rings. The summed E-state index contributed by atoms with van der Waals surface area (Å²) >= 11 is 1.49. The molecule has 1 aliphatic heterocycles. The third-order valence-corrected chi connectivity index (χ3v) is 6.07. The maximum Gasteiger partial charge on any atom is 0.242 e. The van der Waals surface area contributed by atoms with Crippen LogP contribution in [-0.2, 0) is 16.6 Å². The summed E-state index contributed by atoms with van der Waals surface area (Å²) in [6.07, 6.45) is 1.92. The van der Waals surface area contributed by atoms with Crippen LogP contribution in [-0.4, -0.2) is 46.0 Å². The van der Waals surface area contributed by atoms with Crippen molar-refractivity contribution in [1.82, 2.24) is 14.9 Å². The molecule has 2 heterocycles. The molecule has 0 saturated carbocycles. The molecule has 2 rings (SSSR count). The van der Waals surface area contributed by atoms with E-state index in [0.717, 1.165) is 37.4 Å². The Morgan fingerprint density at radius 2 is 2.30 bits per heavy atom. The van der Waals surface area contributed by atoms with E-state index in [1.165, 1.54) is 11.3 Å². The van der Waals surface area contributed by atoms with Gasteiger partial charge in [-0.15, -0.1) is 11.3 Å². The molecule has 7 heteroatoms. The van der Waals surface area contributed by atoms with Crippen molar-refractivity contribution in [3.63, 3.8) is 0 Å². The molecule has 0 bridgehead atoms. The summed E-state index contributed by atoms with van der Waals surface area (Å²) in [4.78, 5) is 3.46. The topological polar surface area (TPSA) is 61.4 Å². The van der Waals surface area contributed by atoms with Crippen LogP contribution in [0, 0.1) is 0 Å². The van der Waals surface area contributed by atoms with Crippen LogP contribution in [0.1, 0.15) is 24.6 Å². The number of hydrogen-bond acceptors (Lipinski definition) is 5. The number of rotatable bonds is 7. The first-order chi connectivity index (χ1) is 9.53. The van der Waals surface area contributed by atoms with Gasteiger partial charge in [-0.25, -0.2) is 13.1 Å². The van der Waals surface area contributed by atoms with Crippen molar-refractivity contribution in [2.75, 3.05) is 26.7 Å². The van der Waals surface area contributed by atoms with Crippen molar-refractivity contribution in [3.8, 4) is 0 Å². The van der Waals surface area contributed by atoms with Gasteiger partial charge in [0, 0.05) is 24.0 Å². The third-order valence-electron chi connectivity index (χ3n) is 3.42. The first-order valence-electron chi connectivity index (χ1n) is 7.01. The lowest BCUT2D eigenvalue weighted by molar-refractivity contribution is 0.407. The van der Waals surface area contributed by atoms with Gasteiger partial charge >= 0.3 is 0 Å². The largest absolute Gasteiger partial charge is 0.312 e. The SMILES string of the molecule is CCCNCc1sccc1S(=O)(=O)NC1CCN(C)C1. The highest BCUT2D eigenvalue weighted by Crippen LogP contribution is 2.22. The number of likely N-dealkylation sites (N-methyl/N-ethyl adjacent to an activating group) is 1. The zero-order chi connectivity index (χ0) is 14.6. The van der Waals surface area contributed by atoms with Crippen molar-refractivity contribution < 1.29 is 8.42 Å². The zero-order valence-corrected chi connectivity index (χ0v) is 13.7. The van der Waals surface area contributed by atoms with E-state index in [1.807, 2.05) is 12.4 Å². The third kappa shape index (κ3) is 4.02. The van der Waals surface area contributed by atoms with Gasteiger partial charge in [-0.1, -0.05) is 6.92 Å². The van der Waals surface area contributed by atoms with Crippen molar-refractivity contribution >= 4 is 21.4 Å². The van der Waals surface area contributed by atoms with E-state index in [2.05, 4.69) is 21.9 Å². The molecule has 0 radical (unpaired) electrons. The Hall–Kier alpha value is -0.470. The number of nitrogens with zero attached hydrogens (tertiary/aromatic N) is 1. The van der Waals surface area contributed by atoms with Crippen LogP contribution in [0.5, 0.6) is 0 Å². The number of nitrogens with one attached hydrogen (secondary N) is 2. The lowest BCUT2D eigenvalue weighted by atomic mass is 10.3. The quantitative estimate of drug-likeness (QED) is 0.743. The van der Waals surface area contributed by atoms with Crippen LogP contribution < -0.4 is 10.0 Å². The van der Waals surface area contributed by atoms with Gasteiger partial charge in [0.15, 0.2) is 0 Å². The van der Waals surface area contributed by atoms with E-state index in [1.54, 1.807) is 6.07 Å². The molecule has 2 N–H and O–H groups in total. The fraction of sp³-hybridized carbons (Fsp3) is 0.692. The summed E-state index contributed by atoms with van der Waals surface area (Å²) in [7, 11) is -1.38. The number of hydrogen-bond donors (Lipinski definition) is 2. The molecular weight excluding hydrogens is 294 g/mol. The molecule has 1 saturated heterocycles. The Kier molecular flexibility index (Phi) is 5.57. The molecule has 0 aromatic carbocycles. The molecule has 114 valence electrons. The smallest absolute Gasteiger partial charge is 0.242 e. The minimum absolute atomic E-state index is 0.0290. The number of likely N-dealkylation sites (tertiary alicyclic amines) is 1. The lowest BCUT2D eigenvalue weighted by Crippen LogP contribution is -2.36. The van der Waals surface area contributed by atoms with Gasteiger partial charge in [-0.3, -0.25) is 0 Å². The molecule has 0 spiro atoms. The second-order valence-electron chi connectivity index (χ2n) is 5.25. The van der Waals surface area contributed by atoms with Crippen LogP contribution in [0.25, 0.3) is 0 Å². The zero-order valence-electron chi connectivity index (χ0n) is 12.1. The van der Waals surface area contributed by atoms with Crippen LogP contribution in [0.4, 0.5) is 0 Å². The molecular formula is C13H23N3O2S2. The highest BCUT2D eigenvalue weighted by atomic mass is 32.2. The molecule has 1 unspecified atom stereocenters. The van der Waals surface area contributed by atoms with Gasteiger partial charge in [0.25, 0.3) is 0 Å². The van der Waals surface area contributed by atoms with Gasteiger partial charge in [0.05, 0.1) is 4.90 Å².